The maximum absolute atomic E-state index is 13.1. The van der Waals surface area contributed by atoms with Gasteiger partial charge in [-0.1, -0.05) is 33.7 Å². The number of rotatable bonds is 11. The Morgan fingerprint density at radius 2 is 1.05 bits per heavy atom. The lowest BCUT2D eigenvalue weighted by Crippen LogP contribution is -2.25. The summed E-state index contributed by atoms with van der Waals surface area (Å²) < 4.78 is 37.5. The lowest BCUT2D eigenvalue weighted by atomic mass is 10.2. The van der Waals surface area contributed by atoms with E-state index in [9.17, 15) is 18.4 Å². The van der Waals surface area contributed by atoms with Crippen LogP contribution in [0.2, 0.25) is 0 Å². The van der Waals surface area contributed by atoms with Gasteiger partial charge in [-0.3, -0.25) is 9.59 Å². The van der Waals surface area contributed by atoms with Crippen molar-refractivity contribution >= 4 is 33.4 Å². The number of nitrogens with zero attached hydrogens (tertiary/aromatic N) is 4. The van der Waals surface area contributed by atoms with Crippen LogP contribution in [0.4, 0.5) is 8.78 Å². The second kappa shape index (κ2) is 13.6. The molecular formula is C32H28F2N4O4S2. The van der Waals surface area contributed by atoms with Crippen LogP contribution in [0.15, 0.2) is 85.2 Å². The van der Waals surface area contributed by atoms with E-state index < -0.39 is 0 Å². The number of pyridine rings is 2. The minimum atomic E-state index is -0.336. The third kappa shape index (κ3) is 7.86. The number of aromatic nitrogens is 2. The summed E-state index contributed by atoms with van der Waals surface area (Å²) in [5.41, 5.74) is 1.79. The van der Waals surface area contributed by atoms with Crippen LogP contribution >= 0.6 is 21.6 Å². The largest absolute Gasteiger partial charge is 0.439 e. The molecule has 6 rings (SSSR count). The first-order chi connectivity index (χ1) is 21.4. The maximum atomic E-state index is 13.1. The summed E-state index contributed by atoms with van der Waals surface area (Å²) in [7, 11) is 3.36. The van der Waals surface area contributed by atoms with E-state index in [1.807, 2.05) is 21.9 Å². The molecule has 0 N–H and O–H groups in total. The average molecular weight is 635 g/mol. The fourth-order valence-corrected chi connectivity index (χ4v) is 7.81. The molecule has 44 heavy (non-hydrogen) atoms. The second-order valence-electron chi connectivity index (χ2n) is 10.5. The molecule has 0 spiro atoms. The van der Waals surface area contributed by atoms with Crippen molar-refractivity contribution < 1.29 is 27.8 Å². The summed E-state index contributed by atoms with van der Waals surface area (Å²) >= 11 is 0. The van der Waals surface area contributed by atoms with Crippen molar-refractivity contribution in [1.29, 1.82) is 0 Å². The van der Waals surface area contributed by atoms with Crippen molar-refractivity contribution in [3.05, 3.63) is 108 Å². The van der Waals surface area contributed by atoms with Gasteiger partial charge < -0.3 is 19.3 Å². The third-order valence-corrected chi connectivity index (χ3v) is 10.4. The van der Waals surface area contributed by atoms with Crippen molar-refractivity contribution in [3.63, 3.8) is 0 Å². The molecule has 2 unspecified atom stereocenters. The van der Waals surface area contributed by atoms with Gasteiger partial charge in [0, 0.05) is 74.0 Å². The summed E-state index contributed by atoms with van der Waals surface area (Å²) in [5, 5.41) is 0.284. The van der Waals surface area contributed by atoms with Gasteiger partial charge in [-0.15, -0.1) is 0 Å². The molecule has 2 aromatic carbocycles. The maximum Gasteiger partial charge on any atom is 0.224 e. The number of hydrogen-bond donors (Lipinski definition) is 0. The summed E-state index contributed by atoms with van der Waals surface area (Å²) in [4.78, 5) is 37.7. The third-order valence-electron chi connectivity index (χ3n) is 7.10. The standard InChI is InChI=1S/C32H28F2N4O4S2/c33-23-3-7-25(8-4-23)41-29-11-1-21(15-35-29)17-37-19-27(13-31(37)39)43-44-28-14-32(40)38(20-28)18-22-2-12-30(36-16-22)42-26-9-5-24(34)6-10-26/h1-12,15-16,27-28H,13-14,17-20H2. The number of amides is 2. The van der Waals surface area contributed by atoms with E-state index in [1.165, 1.54) is 48.5 Å². The van der Waals surface area contributed by atoms with Gasteiger partial charge in [0.1, 0.15) is 23.1 Å². The molecule has 2 aliphatic heterocycles. The quantitative estimate of drug-likeness (QED) is 0.170. The number of likely N-dealkylation sites (tertiary alicyclic amines) is 2. The van der Waals surface area contributed by atoms with Crippen LogP contribution in [0.3, 0.4) is 0 Å². The number of carbonyl (C=O) groups excluding carboxylic acids is 2. The van der Waals surface area contributed by atoms with Gasteiger partial charge in [0.25, 0.3) is 0 Å². The molecule has 2 amide bonds. The smallest absolute Gasteiger partial charge is 0.224 e. The van der Waals surface area contributed by atoms with E-state index >= 15 is 0 Å². The van der Waals surface area contributed by atoms with Crippen LogP contribution in [-0.4, -0.2) is 55.2 Å². The van der Waals surface area contributed by atoms with Gasteiger partial charge in [-0.25, -0.2) is 18.7 Å². The topological polar surface area (TPSA) is 84.9 Å². The fourth-order valence-electron chi connectivity index (χ4n) is 4.88. The molecule has 0 saturated carbocycles. The van der Waals surface area contributed by atoms with Crippen molar-refractivity contribution in [1.82, 2.24) is 19.8 Å². The normalized spacial score (nSPS) is 18.2. The van der Waals surface area contributed by atoms with Crippen LogP contribution in [0.1, 0.15) is 24.0 Å². The zero-order valence-corrected chi connectivity index (χ0v) is 25.1. The van der Waals surface area contributed by atoms with Crippen LogP contribution in [0.25, 0.3) is 0 Å². The van der Waals surface area contributed by atoms with E-state index in [0.717, 1.165) is 11.1 Å². The first kappa shape index (κ1) is 29.9. The Kier molecular flexibility index (Phi) is 9.27. The van der Waals surface area contributed by atoms with Crippen LogP contribution in [-0.2, 0) is 22.7 Å². The molecule has 0 aliphatic carbocycles. The lowest BCUT2D eigenvalue weighted by molar-refractivity contribution is -0.129. The van der Waals surface area contributed by atoms with E-state index in [4.69, 9.17) is 9.47 Å². The molecular weight excluding hydrogens is 607 g/mol. The van der Waals surface area contributed by atoms with Gasteiger partial charge in [-0.2, -0.15) is 0 Å². The van der Waals surface area contributed by atoms with Gasteiger partial charge >= 0.3 is 0 Å². The zero-order chi connectivity index (χ0) is 30.5. The molecule has 2 fully saturated rings. The molecule has 4 aromatic rings. The highest BCUT2D eigenvalue weighted by Gasteiger charge is 2.34. The molecule has 2 aromatic heterocycles. The Labute approximate surface area is 261 Å². The Bertz CT molecular complexity index is 1470. The number of halogens is 2. The molecule has 2 aliphatic rings. The highest BCUT2D eigenvalue weighted by molar-refractivity contribution is 8.77. The highest BCUT2D eigenvalue weighted by Crippen LogP contribution is 2.40. The Hall–Kier alpha value is -4.16. The molecule has 0 radical (unpaired) electrons. The van der Waals surface area contributed by atoms with Gasteiger partial charge in [0.2, 0.25) is 23.6 Å². The number of carbonyl (C=O) groups is 2. The molecule has 8 nitrogen and oxygen atoms in total. The number of hydrogen-bond acceptors (Lipinski definition) is 8. The first-order valence-corrected chi connectivity index (χ1v) is 16.3. The predicted molar refractivity (Wildman–Crippen MR) is 164 cm³/mol. The van der Waals surface area contributed by atoms with Gasteiger partial charge in [0.05, 0.1) is 0 Å². The van der Waals surface area contributed by atoms with Crippen molar-refractivity contribution in [2.75, 3.05) is 13.1 Å². The highest BCUT2D eigenvalue weighted by atomic mass is 33.1. The SMILES string of the molecule is O=C1CC(SSC2CC(=O)N(Cc3ccc(Oc4ccc(F)cc4)nc3)C2)CN1Cc1ccc(Oc2ccc(F)cc2)nc1. The summed E-state index contributed by atoms with van der Waals surface area (Å²) in [5.74, 6) is 1.29. The van der Waals surface area contributed by atoms with E-state index in [0.29, 0.717) is 62.3 Å². The van der Waals surface area contributed by atoms with Crippen LogP contribution in [0.5, 0.6) is 23.3 Å². The van der Waals surface area contributed by atoms with Gasteiger partial charge in [-0.05, 0) is 59.7 Å². The number of benzene rings is 2. The van der Waals surface area contributed by atoms with Crippen molar-refractivity contribution in [2.45, 2.75) is 36.4 Å². The van der Waals surface area contributed by atoms with E-state index in [-0.39, 0.29) is 33.9 Å². The summed E-state index contributed by atoms with van der Waals surface area (Å²) in [6.45, 7) is 2.18. The minimum absolute atomic E-state index is 0.0956. The van der Waals surface area contributed by atoms with Crippen molar-refractivity contribution in [2.24, 2.45) is 0 Å². The van der Waals surface area contributed by atoms with E-state index in [1.54, 1.807) is 46.1 Å². The monoisotopic (exact) mass is 634 g/mol. The van der Waals surface area contributed by atoms with Gasteiger partial charge in [0.15, 0.2) is 0 Å². The lowest BCUT2D eigenvalue weighted by Gasteiger charge is -2.18. The number of ether oxygens (including phenoxy) is 2. The Balaban J connectivity index is 0.934. The predicted octanol–water partition coefficient (Wildman–Crippen LogP) is 6.62. The summed E-state index contributed by atoms with van der Waals surface area (Å²) in [6.07, 6.45) is 4.28. The molecule has 226 valence electrons. The molecule has 0 bridgehead atoms. The second-order valence-corrected chi connectivity index (χ2v) is 13.4. The van der Waals surface area contributed by atoms with Crippen LogP contribution in [0, 0.1) is 11.6 Å². The zero-order valence-electron chi connectivity index (χ0n) is 23.5. The van der Waals surface area contributed by atoms with E-state index in [2.05, 4.69) is 9.97 Å². The minimum Gasteiger partial charge on any atom is -0.439 e. The molecule has 4 heterocycles. The Morgan fingerprint density at radius 3 is 1.41 bits per heavy atom. The molecule has 12 heteroatoms. The molecule has 2 atom stereocenters. The first-order valence-electron chi connectivity index (χ1n) is 14.0. The molecule has 2 saturated heterocycles. The van der Waals surface area contributed by atoms with Crippen LogP contribution < -0.4 is 9.47 Å². The average Bonchev–Trinajstić information content (AvgIpc) is 3.56. The fraction of sp³-hybridized carbons (Fsp3) is 0.250. The van der Waals surface area contributed by atoms with Crippen molar-refractivity contribution in [3.8, 4) is 23.3 Å². The Morgan fingerprint density at radius 1 is 0.636 bits per heavy atom. The summed E-state index contributed by atoms with van der Waals surface area (Å²) in [6, 6.07) is 18.6.